The van der Waals surface area contributed by atoms with Crippen molar-refractivity contribution >= 4 is 34.4 Å². The van der Waals surface area contributed by atoms with Crippen molar-refractivity contribution in [3.63, 3.8) is 0 Å². The zero-order valence-electron chi connectivity index (χ0n) is 19.4. The first-order valence-corrected chi connectivity index (χ1v) is 12.3. The molecule has 4 nitrogen and oxygen atoms in total. The maximum Gasteiger partial charge on any atom is 0.415 e. The summed E-state index contributed by atoms with van der Waals surface area (Å²) in [6.07, 6.45) is -2.93. The Morgan fingerprint density at radius 1 is 1.18 bits per heavy atom. The van der Waals surface area contributed by atoms with Crippen LogP contribution in [-0.4, -0.2) is 41.6 Å². The van der Waals surface area contributed by atoms with Gasteiger partial charge in [-0.3, -0.25) is 9.80 Å². The summed E-state index contributed by atoms with van der Waals surface area (Å²) in [7, 11) is 0. The molecule has 0 spiro atoms. The first kappa shape index (κ1) is 25.2. The molecule has 2 aliphatic rings. The number of anilines is 1. The van der Waals surface area contributed by atoms with Crippen LogP contribution in [-0.2, 0) is 4.74 Å². The molecule has 184 valence electrons. The third-order valence-electron chi connectivity index (χ3n) is 6.43. The Kier molecular flexibility index (Phi) is 6.89. The fourth-order valence-corrected chi connectivity index (χ4v) is 5.85. The maximum atomic E-state index is 15.3. The van der Waals surface area contributed by atoms with Gasteiger partial charge in [-0.05, 0) is 80.5 Å². The Morgan fingerprint density at radius 3 is 2.38 bits per heavy atom. The van der Waals surface area contributed by atoms with Crippen molar-refractivity contribution in [2.24, 2.45) is 0 Å². The molecule has 0 bridgehead atoms. The standard InChI is InChI=1S/C25H27F4IN2O2/c1-13-9-16-15-7-5-6-8-19(15)32(24(33)34-25(2,3)4)22(16)23(31(13)12-20(28)29)21-17(26)10-14(30)11-18(21)27/h5-8,10-11,13,16,20,22-23H,9,12H2,1-4H3/t13-,16?,22?,23-/m1/s1. The number of carbonyl (C=O) groups is 1. The lowest BCUT2D eigenvalue weighted by Crippen LogP contribution is -2.57. The number of hydrogen-bond acceptors (Lipinski definition) is 3. The van der Waals surface area contributed by atoms with E-state index < -0.39 is 54.4 Å². The highest BCUT2D eigenvalue weighted by Gasteiger charge is 2.54. The average molecular weight is 590 g/mol. The predicted molar refractivity (Wildman–Crippen MR) is 130 cm³/mol. The molecule has 1 saturated heterocycles. The number of rotatable bonds is 3. The summed E-state index contributed by atoms with van der Waals surface area (Å²) in [6, 6.07) is 7.29. The van der Waals surface area contributed by atoms with Gasteiger partial charge in [0.1, 0.15) is 17.2 Å². The number of likely N-dealkylation sites (tertiary alicyclic amines) is 1. The van der Waals surface area contributed by atoms with Gasteiger partial charge in [-0.1, -0.05) is 18.2 Å². The molecule has 1 fully saturated rings. The van der Waals surface area contributed by atoms with Gasteiger partial charge < -0.3 is 4.74 Å². The van der Waals surface area contributed by atoms with E-state index >= 15 is 8.78 Å². The molecular weight excluding hydrogens is 563 g/mol. The summed E-state index contributed by atoms with van der Waals surface area (Å²) in [5.74, 6) is -1.93. The molecule has 4 rings (SSSR count). The first-order valence-electron chi connectivity index (χ1n) is 11.2. The Labute approximate surface area is 210 Å². The normalized spacial score (nSPS) is 24.8. The Hall–Kier alpha value is -1.88. The third kappa shape index (κ3) is 4.65. The number of fused-ring (bicyclic) bond motifs is 3. The van der Waals surface area contributed by atoms with Crippen LogP contribution in [0.4, 0.5) is 28.0 Å². The fourth-order valence-electron chi connectivity index (χ4n) is 5.30. The van der Waals surface area contributed by atoms with Crippen LogP contribution in [0.1, 0.15) is 57.2 Å². The van der Waals surface area contributed by atoms with Gasteiger partial charge in [0.15, 0.2) is 0 Å². The predicted octanol–water partition coefficient (Wildman–Crippen LogP) is 6.88. The second kappa shape index (κ2) is 9.29. The van der Waals surface area contributed by atoms with Crippen molar-refractivity contribution in [2.45, 2.75) is 70.2 Å². The van der Waals surface area contributed by atoms with Crippen LogP contribution >= 0.6 is 22.6 Å². The molecule has 0 aromatic heterocycles. The minimum atomic E-state index is -2.71. The number of piperidine rings is 1. The Bertz CT molecular complexity index is 1070. The highest BCUT2D eigenvalue weighted by molar-refractivity contribution is 14.1. The van der Waals surface area contributed by atoms with Crippen LogP contribution in [0.25, 0.3) is 0 Å². The van der Waals surface area contributed by atoms with E-state index in [4.69, 9.17) is 4.74 Å². The van der Waals surface area contributed by atoms with E-state index in [1.54, 1.807) is 39.8 Å². The second-order valence-electron chi connectivity index (χ2n) is 9.91. The van der Waals surface area contributed by atoms with Gasteiger partial charge in [0, 0.05) is 21.1 Å². The van der Waals surface area contributed by atoms with Crippen molar-refractivity contribution < 1.29 is 27.1 Å². The SMILES string of the molecule is C[C@@H]1CC2c3ccccc3N(C(=O)OC(C)(C)C)C2[C@@H](c2c(F)cc(I)cc2F)N1CC(F)F. The average Bonchev–Trinajstić information content (AvgIpc) is 3.02. The molecule has 0 saturated carbocycles. The summed E-state index contributed by atoms with van der Waals surface area (Å²) in [4.78, 5) is 16.3. The molecule has 0 aliphatic carbocycles. The number of ether oxygens (including phenoxy) is 1. The van der Waals surface area contributed by atoms with E-state index in [9.17, 15) is 13.6 Å². The summed E-state index contributed by atoms with van der Waals surface area (Å²) < 4.78 is 64.1. The summed E-state index contributed by atoms with van der Waals surface area (Å²) >= 11 is 1.81. The van der Waals surface area contributed by atoms with Crippen molar-refractivity contribution in [2.75, 3.05) is 11.4 Å². The van der Waals surface area contributed by atoms with E-state index in [0.717, 1.165) is 5.56 Å². The van der Waals surface area contributed by atoms with Crippen LogP contribution in [0.15, 0.2) is 36.4 Å². The number of benzene rings is 2. The van der Waals surface area contributed by atoms with E-state index in [1.165, 1.54) is 21.9 Å². The van der Waals surface area contributed by atoms with E-state index in [-0.39, 0.29) is 11.5 Å². The monoisotopic (exact) mass is 590 g/mol. The summed E-state index contributed by atoms with van der Waals surface area (Å²) in [6.45, 7) is 6.30. The minimum absolute atomic E-state index is 0.296. The second-order valence-corrected chi connectivity index (χ2v) is 11.2. The van der Waals surface area contributed by atoms with Crippen molar-refractivity contribution in [3.8, 4) is 0 Å². The number of amides is 1. The Morgan fingerprint density at radius 2 is 1.79 bits per heavy atom. The molecule has 0 N–H and O–H groups in total. The van der Waals surface area contributed by atoms with Gasteiger partial charge in [0.2, 0.25) is 0 Å². The molecule has 2 heterocycles. The molecule has 2 aromatic rings. The third-order valence-corrected chi connectivity index (χ3v) is 7.05. The van der Waals surface area contributed by atoms with Gasteiger partial charge in [0.25, 0.3) is 6.43 Å². The molecule has 4 atom stereocenters. The number of halogens is 5. The largest absolute Gasteiger partial charge is 0.443 e. The van der Waals surface area contributed by atoms with Crippen molar-refractivity contribution in [1.82, 2.24) is 4.90 Å². The molecule has 1 amide bonds. The summed E-state index contributed by atoms with van der Waals surface area (Å²) in [5.41, 5.74) is 0.306. The van der Waals surface area contributed by atoms with Gasteiger partial charge >= 0.3 is 6.09 Å². The highest BCUT2D eigenvalue weighted by atomic mass is 127. The quantitative estimate of drug-likeness (QED) is 0.289. The molecule has 2 unspecified atom stereocenters. The van der Waals surface area contributed by atoms with Gasteiger partial charge in [0.05, 0.1) is 24.3 Å². The van der Waals surface area contributed by atoms with Crippen LogP contribution in [0.5, 0.6) is 0 Å². The molecule has 2 aliphatic heterocycles. The van der Waals surface area contributed by atoms with Crippen LogP contribution in [0, 0.1) is 15.2 Å². The highest BCUT2D eigenvalue weighted by Crippen LogP contribution is 2.54. The Balaban J connectivity index is 1.93. The molecule has 34 heavy (non-hydrogen) atoms. The van der Waals surface area contributed by atoms with Crippen LogP contribution < -0.4 is 4.90 Å². The molecule has 2 aromatic carbocycles. The van der Waals surface area contributed by atoms with E-state index in [0.29, 0.717) is 15.7 Å². The summed E-state index contributed by atoms with van der Waals surface area (Å²) in [5, 5.41) is 0. The van der Waals surface area contributed by atoms with Gasteiger partial charge in [-0.25, -0.2) is 22.4 Å². The van der Waals surface area contributed by atoms with Gasteiger partial charge in [-0.2, -0.15) is 0 Å². The maximum absolute atomic E-state index is 15.3. The van der Waals surface area contributed by atoms with Crippen LogP contribution in [0.3, 0.4) is 0 Å². The smallest absolute Gasteiger partial charge is 0.415 e. The molecule has 0 radical (unpaired) electrons. The number of nitrogens with zero attached hydrogens (tertiary/aromatic N) is 2. The van der Waals surface area contributed by atoms with Gasteiger partial charge in [-0.15, -0.1) is 0 Å². The lowest BCUT2D eigenvalue weighted by Gasteiger charge is -2.49. The molecular formula is C25H27F4IN2O2. The van der Waals surface area contributed by atoms with Crippen molar-refractivity contribution in [3.05, 3.63) is 62.7 Å². The lowest BCUT2D eigenvalue weighted by molar-refractivity contribution is 0.000263. The first-order chi connectivity index (χ1) is 15.9. The zero-order chi connectivity index (χ0) is 24.9. The van der Waals surface area contributed by atoms with Crippen LogP contribution in [0.2, 0.25) is 0 Å². The number of alkyl halides is 2. The van der Waals surface area contributed by atoms with E-state index in [1.807, 2.05) is 34.7 Å². The van der Waals surface area contributed by atoms with E-state index in [2.05, 4.69) is 0 Å². The van der Waals surface area contributed by atoms with Crippen molar-refractivity contribution in [1.29, 1.82) is 0 Å². The number of hydrogen-bond donors (Lipinski definition) is 0. The minimum Gasteiger partial charge on any atom is -0.443 e. The number of carbonyl (C=O) groups excluding carboxylic acids is 1. The lowest BCUT2D eigenvalue weighted by atomic mass is 9.77. The zero-order valence-corrected chi connectivity index (χ0v) is 21.5. The fraction of sp³-hybridized carbons (Fsp3) is 0.480. The molecule has 9 heteroatoms. The number of para-hydroxylation sites is 1. The topological polar surface area (TPSA) is 32.8 Å².